The first-order valence-corrected chi connectivity index (χ1v) is 7.52. The van der Waals surface area contributed by atoms with E-state index in [0.717, 1.165) is 0 Å². The standard InChI is InChI=1S/C6H5F5O3S2/c7-5-1-3-6(4-2-5)16(8,9,10,11)15(12,13)14/h1-4H,(H,12,13,14). The Kier molecular flexibility index (Phi) is 2.21. The van der Waals surface area contributed by atoms with E-state index in [-0.39, 0.29) is 24.3 Å². The Morgan fingerprint density at radius 2 is 1.38 bits per heavy atom. The summed E-state index contributed by atoms with van der Waals surface area (Å²) in [5.41, 5.74) is 0. The zero-order valence-electron chi connectivity index (χ0n) is 7.28. The van der Waals surface area contributed by atoms with E-state index in [2.05, 4.69) is 0 Å². The van der Waals surface area contributed by atoms with Gasteiger partial charge in [0.25, 0.3) is 8.87 Å². The molecule has 0 saturated heterocycles. The molecule has 1 aromatic rings. The van der Waals surface area contributed by atoms with Crippen molar-refractivity contribution in [3.8, 4) is 0 Å². The summed E-state index contributed by atoms with van der Waals surface area (Å²) in [5, 5.41) is 0. The van der Waals surface area contributed by atoms with Gasteiger partial charge in [0.1, 0.15) is 5.82 Å². The molecule has 1 aromatic carbocycles. The number of benzene rings is 1. The molecule has 0 heterocycles. The summed E-state index contributed by atoms with van der Waals surface area (Å²) in [6, 6.07) is 0.285. The summed E-state index contributed by atoms with van der Waals surface area (Å²) in [5.74, 6) is -1.10. The molecular weight excluding hydrogens is 279 g/mol. The molecule has 1 rings (SSSR count). The van der Waals surface area contributed by atoms with Crippen LogP contribution in [0.15, 0.2) is 29.2 Å². The average Bonchev–Trinajstić information content (AvgIpc) is 2.00. The van der Waals surface area contributed by atoms with Crippen LogP contribution in [0.3, 0.4) is 0 Å². The Morgan fingerprint density at radius 1 is 1.00 bits per heavy atom. The zero-order valence-corrected chi connectivity index (χ0v) is 8.91. The molecule has 16 heavy (non-hydrogen) atoms. The van der Waals surface area contributed by atoms with Crippen LogP contribution < -0.4 is 0 Å². The third-order valence-electron chi connectivity index (χ3n) is 1.69. The van der Waals surface area contributed by atoms with Gasteiger partial charge in [-0.1, -0.05) is 0 Å². The van der Waals surface area contributed by atoms with E-state index in [1.807, 2.05) is 0 Å². The van der Waals surface area contributed by atoms with Crippen LogP contribution in [-0.4, -0.2) is 13.0 Å². The third kappa shape index (κ3) is 1.66. The van der Waals surface area contributed by atoms with Crippen molar-refractivity contribution in [3.63, 3.8) is 0 Å². The van der Waals surface area contributed by atoms with Crippen LogP contribution in [0.2, 0.25) is 0 Å². The van der Waals surface area contributed by atoms with Gasteiger partial charge in [-0.05, 0) is 24.3 Å². The van der Waals surface area contributed by atoms with Crippen molar-refractivity contribution in [2.45, 2.75) is 4.90 Å². The van der Waals surface area contributed by atoms with Crippen LogP contribution in [0.5, 0.6) is 0 Å². The van der Waals surface area contributed by atoms with Crippen LogP contribution >= 0.6 is 8.87 Å². The fourth-order valence-electron chi connectivity index (χ4n) is 0.817. The fourth-order valence-corrected chi connectivity index (χ4v) is 2.78. The average molecular weight is 284 g/mol. The van der Waals surface area contributed by atoms with Gasteiger partial charge in [0.15, 0.2) is 0 Å². The van der Waals surface area contributed by atoms with Crippen LogP contribution in [0.4, 0.5) is 19.9 Å². The minimum absolute atomic E-state index is 0.0926. The summed E-state index contributed by atoms with van der Waals surface area (Å²) >= 11 is 0. The van der Waals surface area contributed by atoms with Gasteiger partial charge in [0.2, 0.25) is 0 Å². The number of hydrogen-bond donors (Lipinski definition) is 1. The van der Waals surface area contributed by atoms with Crippen LogP contribution in [-0.2, 0) is 9.15 Å². The summed E-state index contributed by atoms with van der Waals surface area (Å²) in [6.45, 7) is 0. The molecule has 0 unspecified atom stereocenters. The van der Waals surface area contributed by atoms with Gasteiger partial charge >= 0.3 is 9.15 Å². The van der Waals surface area contributed by atoms with Crippen molar-refractivity contribution >= 4 is 18.0 Å². The molecule has 10 heteroatoms. The molecule has 0 amide bonds. The van der Waals surface area contributed by atoms with Gasteiger partial charge in [-0.25, -0.2) is 4.39 Å². The van der Waals surface area contributed by atoms with Crippen molar-refractivity contribution in [1.29, 1.82) is 0 Å². The molecule has 3 nitrogen and oxygen atoms in total. The predicted octanol–water partition coefficient (Wildman–Crippen LogP) is 3.40. The minimum atomic E-state index is -9.87. The Hall–Kier alpha value is -0.870. The van der Waals surface area contributed by atoms with Crippen molar-refractivity contribution in [3.05, 3.63) is 30.1 Å². The van der Waals surface area contributed by atoms with E-state index in [0.29, 0.717) is 0 Å². The minimum Gasteiger partial charge on any atom is -0.273 e. The second-order valence-corrected chi connectivity index (χ2v) is 9.47. The Labute approximate surface area is 86.5 Å². The largest absolute Gasteiger partial charge is 0.384 e. The normalized spacial score (nSPS) is 17.6. The topological polar surface area (TPSA) is 54.4 Å². The third-order valence-corrected chi connectivity index (χ3v) is 6.83. The molecule has 0 atom stereocenters. The predicted molar refractivity (Wildman–Crippen MR) is 48.2 cm³/mol. The molecule has 0 saturated carbocycles. The van der Waals surface area contributed by atoms with Crippen molar-refractivity contribution in [2.75, 3.05) is 0 Å². The highest BCUT2D eigenvalue weighted by Gasteiger charge is 2.76. The van der Waals surface area contributed by atoms with Gasteiger partial charge in [-0.15, -0.1) is 15.5 Å². The lowest BCUT2D eigenvalue weighted by molar-refractivity contribution is 0.432. The number of halogens is 5. The van der Waals surface area contributed by atoms with Gasteiger partial charge < -0.3 is 0 Å². The monoisotopic (exact) mass is 284 g/mol. The molecule has 0 spiro atoms. The summed E-state index contributed by atoms with van der Waals surface area (Å²) < 4.78 is 92.7. The van der Waals surface area contributed by atoms with Crippen molar-refractivity contribution in [2.24, 2.45) is 0 Å². The summed E-state index contributed by atoms with van der Waals surface area (Å²) in [6.07, 6.45) is 0. The quantitative estimate of drug-likeness (QED) is 0.514. The Balaban J connectivity index is 3.70. The highest BCUT2D eigenvalue weighted by atomic mass is 33.3. The lowest BCUT2D eigenvalue weighted by Crippen LogP contribution is -2.24. The molecule has 0 aliphatic heterocycles. The van der Waals surface area contributed by atoms with Crippen LogP contribution in [0.1, 0.15) is 0 Å². The maximum absolute atomic E-state index is 13.0. The Morgan fingerprint density at radius 3 is 1.69 bits per heavy atom. The second-order valence-electron chi connectivity index (χ2n) is 2.88. The van der Waals surface area contributed by atoms with E-state index in [1.54, 1.807) is 0 Å². The first kappa shape index (κ1) is 13.2. The lowest BCUT2D eigenvalue weighted by Gasteiger charge is -2.45. The van der Waals surface area contributed by atoms with Gasteiger partial charge in [0, 0.05) is 0 Å². The molecule has 94 valence electrons. The second kappa shape index (κ2) is 2.68. The molecule has 0 aliphatic rings. The molecule has 0 radical (unpaired) electrons. The first-order valence-electron chi connectivity index (χ1n) is 3.51. The lowest BCUT2D eigenvalue weighted by atomic mass is 10.4. The van der Waals surface area contributed by atoms with E-state index in [1.165, 1.54) is 0 Å². The molecule has 0 fully saturated rings. The van der Waals surface area contributed by atoms with Gasteiger partial charge in [-0.3, -0.25) is 4.55 Å². The van der Waals surface area contributed by atoms with Crippen LogP contribution in [0, 0.1) is 5.82 Å². The highest BCUT2D eigenvalue weighted by Crippen LogP contribution is 3.03. The zero-order chi connectivity index (χ0) is 12.9. The highest BCUT2D eigenvalue weighted by molar-refractivity contribution is 8.99. The van der Waals surface area contributed by atoms with E-state index >= 15 is 0 Å². The number of rotatable bonds is 2. The van der Waals surface area contributed by atoms with E-state index in [9.17, 15) is 28.4 Å². The molecule has 0 aromatic heterocycles. The summed E-state index contributed by atoms with van der Waals surface area (Å²) in [7, 11) is -16.8. The van der Waals surface area contributed by atoms with Crippen LogP contribution in [0.25, 0.3) is 0 Å². The van der Waals surface area contributed by atoms with Gasteiger partial charge in [-0.2, -0.15) is 8.42 Å². The van der Waals surface area contributed by atoms with E-state index in [4.69, 9.17) is 4.55 Å². The molecule has 0 bridgehead atoms. The molecular formula is C6H5F5O3S2. The van der Waals surface area contributed by atoms with Crippen molar-refractivity contribution < 1.29 is 32.9 Å². The van der Waals surface area contributed by atoms with Gasteiger partial charge in [0.05, 0.1) is 4.90 Å². The first-order chi connectivity index (χ1) is 6.78. The smallest absolute Gasteiger partial charge is 0.273 e. The maximum Gasteiger partial charge on any atom is 0.384 e. The summed E-state index contributed by atoms with van der Waals surface area (Å²) in [4.78, 5) is -2.23. The molecule has 1 N–H and O–H groups in total. The van der Waals surface area contributed by atoms with E-state index < -0.39 is 28.7 Å². The Bertz CT molecular complexity index is 529. The molecule has 0 aliphatic carbocycles. The SMILES string of the molecule is O=S(=O)(O)S(F)(F)(F)(F)c1ccc(F)cc1. The fraction of sp³-hybridized carbons (Fsp3) is 0. The number of hydrogen-bond acceptors (Lipinski definition) is 2. The maximum atomic E-state index is 13.0. The van der Waals surface area contributed by atoms with Crippen molar-refractivity contribution in [1.82, 2.24) is 0 Å².